The normalized spacial score (nSPS) is 19.1. The molecule has 3 nitrogen and oxygen atoms in total. The van der Waals surface area contributed by atoms with Gasteiger partial charge in [0.25, 0.3) is 0 Å². The number of carbonyl (C=O) groups excluding carboxylic acids is 1. The molecule has 0 atom stereocenters. The van der Waals surface area contributed by atoms with Crippen LogP contribution in [0.1, 0.15) is 17.7 Å². The molecule has 14 heavy (non-hydrogen) atoms. The van der Waals surface area contributed by atoms with Crippen LogP contribution < -0.4 is 0 Å². The van der Waals surface area contributed by atoms with Crippen molar-refractivity contribution in [3.8, 4) is 0 Å². The lowest BCUT2D eigenvalue weighted by Crippen LogP contribution is -2.47. The summed E-state index contributed by atoms with van der Waals surface area (Å²) in [5.74, 6) is -0.872. The second-order valence-electron chi connectivity index (χ2n) is 3.41. The second-order valence-corrected chi connectivity index (χ2v) is 5.24. The molecule has 1 aliphatic carbocycles. The van der Waals surface area contributed by atoms with Crippen LogP contribution in [0, 0.1) is 0 Å². The van der Waals surface area contributed by atoms with Crippen LogP contribution in [0.4, 0.5) is 0 Å². The number of aliphatic carboxylic acids is 1. The van der Waals surface area contributed by atoms with Gasteiger partial charge in [0.05, 0.1) is 0 Å². The molecule has 1 heterocycles. The number of hydrogen-bond donors (Lipinski definition) is 1. The number of halogens is 1. The number of rotatable bonds is 2. The SMILES string of the molecule is O=C1CC(C(=O)O)(c2cc(Br)cs2)C1. The van der Waals surface area contributed by atoms with Crippen LogP contribution in [0.3, 0.4) is 0 Å². The number of ketones is 1. The standard InChI is InChI=1S/C9H7BrO3S/c10-5-1-7(14-4-5)9(8(12)13)2-6(11)3-9/h1,4H,2-3H2,(H,12,13). The number of Topliss-reactive ketones (excluding diaryl/α,β-unsaturated/α-hetero) is 1. The summed E-state index contributed by atoms with van der Waals surface area (Å²) < 4.78 is 0.873. The van der Waals surface area contributed by atoms with E-state index in [1.165, 1.54) is 11.3 Å². The largest absolute Gasteiger partial charge is 0.481 e. The molecule has 5 heteroatoms. The summed E-state index contributed by atoms with van der Waals surface area (Å²) >= 11 is 4.66. The Labute approximate surface area is 92.9 Å². The van der Waals surface area contributed by atoms with E-state index in [9.17, 15) is 9.59 Å². The first-order valence-electron chi connectivity index (χ1n) is 4.04. The average molecular weight is 275 g/mol. The lowest BCUT2D eigenvalue weighted by Gasteiger charge is -2.35. The quantitative estimate of drug-likeness (QED) is 0.900. The van der Waals surface area contributed by atoms with E-state index in [0.717, 1.165) is 9.35 Å². The van der Waals surface area contributed by atoms with E-state index >= 15 is 0 Å². The summed E-state index contributed by atoms with van der Waals surface area (Å²) in [4.78, 5) is 22.8. The predicted octanol–water partition coefficient (Wildman–Crippen LogP) is 2.20. The summed E-state index contributed by atoms with van der Waals surface area (Å²) in [6, 6.07) is 1.78. The third kappa shape index (κ3) is 1.31. The van der Waals surface area contributed by atoms with Crippen LogP contribution in [-0.2, 0) is 15.0 Å². The Morgan fingerprint density at radius 3 is 2.57 bits per heavy atom. The smallest absolute Gasteiger partial charge is 0.315 e. The van der Waals surface area contributed by atoms with Crippen molar-refractivity contribution in [3.63, 3.8) is 0 Å². The predicted molar refractivity (Wildman–Crippen MR) is 55.6 cm³/mol. The molecule has 1 aromatic heterocycles. The maximum absolute atomic E-state index is 11.1. The van der Waals surface area contributed by atoms with E-state index in [4.69, 9.17) is 5.11 Å². The van der Waals surface area contributed by atoms with Crippen molar-refractivity contribution in [2.75, 3.05) is 0 Å². The van der Waals surface area contributed by atoms with Crippen molar-refractivity contribution in [1.82, 2.24) is 0 Å². The Balaban J connectivity index is 2.38. The second kappa shape index (κ2) is 3.17. The van der Waals surface area contributed by atoms with E-state index in [1.807, 2.05) is 5.38 Å². The van der Waals surface area contributed by atoms with Crippen molar-refractivity contribution < 1.29 is 14.7 Å². The van der Waals surface area contributed by atoms with E-state index in [-0.39, 0.29) is 18.6 Å². The number of hydrogen-bond acceptors (Lipinski definition) is 3. The molecule has 1 aromatic rings. The number of thiophene rings is 1. The maximum Gasteiger partial charge on any atom is 0.315 e. The monoisotopic (exact) mass is 274 g/mol. The molecular weight excluding hydrogens is 268 g/mol. The molecule has 0 aromatic carbocycles. The molecule has 2 rings (SSSR count). The van der Waals surface area contributed by atoms with Crippen molar-refractivity contribution in [3.05, 3.63) is 20.8 Å². The fourth-order valence-electron chi connectivity index (χ4n) is 1.62. The van der Waals surface area contributed by atoms with Gasteiger partial charge in [0.1, 0.15) is 11.2 Å². The van der Waals surface area contributed by atoms with Crippen LogP contribution >= 0.6 is 27.3 Å². The van der Waals surface area contributed by atoms with Gasteiger partial charge in [0, 0.05) is 27.6 Å². The maximum atomic E-state index is 11.1. The zero-order valence-corrected chi connectivity index (χ0v) is 9.52. The summed E-state index contributed by atoms with van der Waals surface area (Å²) in [6.07, 6.45) is 0.268. The topological polar surface area (TPSA) is 54.4 Å². The molecule has 0 amide bonds. The summed E-state index contributed by atoms with van der Waals surface area (Å²) in [7, 11) is 0. The lowest BCUT2D eigenvalue weighted by atomic mass is 9.67. The van der Waals surface area contributed by atoms with Crippen molar-refractivity contribution >= 4 is 39.0 Å². The molecule has 1 saturated carbocycles. The van der Waals surface area contributed by atoms with Crippen molar-refractivity contribution in [2.24, 2.45) is 0 Å². The van der Waals surface area contributed by atoms with Crippen molar-refractivity contribution in [1.29, 1.82) is 0 Å². The average Bonchev–Trinajstić information content (AvgIpc) is 2.45. The molecule has 74 valence electrons. The van der Waals surface area contributed by atoms with Crippen LogP contribution in [0.2, 0.25) is 0 Å². The Bertz CT molecular complexity index is 402. The summed E-state index contributed by atoms with van der Waals surface area (Å²) in [5, 5.41) is 10.9. The molecule has 1 N–H and O–H groups in total. The lowest BCUT2D eigenvalue weighted by molar-refractivity contribution is -0.153. The van der Waals surface area contributed by atoms with Gasteiger partial charge in [-0.25, -0.2) is 0 Å². The summed E-state index contributed by atoms with van der Waals surface area (Å²) in [6.45, 7) is 0. The van der Waals surface area contributed by atoms with Gasteiger partial charge in [-0.1, -0.05) is 0 Å². The van der Waals surface area contributed by atoms with Crippen LogP contribution in [0.5, 0.6) is 0 Å². The zero-order chi connectivity index (χ0) is 10.3. The molecular formula is C9H7BrO3S. The van der Waals surface area contributed by atoms with Crippen LogP contribution in [-0.4, -0.2) is 16.9 Å². The Hall–Kier alpha value is -0.680. The summed E-state index contributed by atoms with van der Waals surface area (Å²) in [5.41, 5.74) is -0.937. The molecule has 0 radical (unpaired) electrons. The van der Waals surface area contributed by atoms with Gasteiger partial charge in [-0.15, -0.1) is 11.3 Å². The first-order chi connectivity index (χ1) is 6.54. The molecule has 0 unspecified atom stereocenters. The molecule has 1 aliphatic rings. The van der Waals surface area contributed by atoms with Gasteiger partial charge < -0.3 is 5.11 Å². The number of carboxylic acids is 1. The highest BCUT2D eigenvalue weighted by atomic mass is 79.9. The molecule has 0 aliphatic heterocycles. The fraction of sp³-hybridized carbons (Fsp3) is 0.333. The van der Waals surface area contributed by atoms with Gasteiger partial charge in [-0.05, 0) is 22.0 Å². The first-order valence-corrected chi connectivity index (χ1v) is 5.71. The van der Waals surface area contributed by atoms with Gasteiger partial charge in [-0.2, -0.15) is 0 Å². The minimum absolute atomic E-state index is 0.0249. The third-order valence-electron chi connectivity index (χ3n) is 2.45. The van der Waals surface area contributed by atoms with Gasteiger partial charge in [0.2, 0.25) is 0 Å². The molecule has 0 saturated heterocycles. The van der Waals surface area contributed by atoms with E-state index < -0.39 is 11.4 Å². The van der Waals surface area contributed by atoms with Crippen LogP contribution in [0.25, 0.3) is 0 Å². The van der Waals surface area contributed by atoms with Gasteiger partial charge in [-0.3, -0.25) is 9.59 Å². The molecule has 0 bridgehead atoms. The highest BCUT2D eigenvalue weighted by molar-refractivity contribution is 9.10. The third-order valence-corrected chi connectivity index (χ3v) is 4.34. The van der Waals surface area contributed by atoms with Gasteiger partial charge in [0.15, 0.2) is 0 Å². The van der Waals surface area contributed by atoms with E-state index in [2.05, 4.69) is 15.9 Å². The Morgan fingerprint density at radius 2 is 2.21 bits per heavy atom. The zero-order valence-electron chi connectivity index (χ0n) is 7.12. The minimum atomic E-state index is -0.937. The van der Waals surface area contributed by atoms with Crippen molar-refractivity contribution in [2.45, 2.75) is 18.3 Å². The number of carboxylic acid groups (broad SMARTS) is 1. The highest BCUT2D eigenvalue weighted by Gasteiger charge is 2.52. The minimum Gasteiger partial charge on any atom is -0.481 e. The number of carbonyl (C=O) groups is 2. The van der Waals surface area contributed by atoms with Crippen LogP contribution in [0.15, 0.2) is 15.9 Å². The van der Waals surface area contributed by atoms with Gasteiger partial charge >= 0.3 is 5.97 Å². The molecule has 1 fully saturated rings. The van der Waals surface area contributed by atoms with E-state index in [0.29, 0.717) is 0 Å². The van der Waals surface area contributed by atoms with E-state index in [1.54, 1.807) is 6.07 Å². The molecule has 0 spiro atoms. The highest BCUT2D eigenvalue weighted by Crippen LogP contribution is 2.44. The first kappa shape index (κ1) is 9.86. The Kier molecular flexibility index (Phi) is 2.23. The Morgan fingerprint density at radius 1 is 1.57 bits per heavy atom. The fourth-order valence-corrected chi connectivity index (χ4v) is 3.24.